The van der Waals surface area contributed by atoms with Crippen LogP contribution in [-0.2, 0) is 11.2 Å². The lowest BCUT2D eigenvalue weighted by atomic mass is 10.1. The Morgan fingerprint density at radius 2 is 2.00 bits per heavy atom. The van der Waals surface area contributed by atoms with Gasteiger partial charge in [-0.25, -0.2) is 4.98 Å². The highest BCUT2D eigenvalue weighted by Crippen LogP contribution is 2.31. The Hall–Kier alpha value is -2.64. The van der Waals surface area contributed by atoms with Gasteiger partial charge in [0.15, 0.2) is 10.7 Å². The Morgan fingerprint density at radius 1 is 1.17 bits per heavy atom. The monoisotopic (exact) mass is 426 g/mol. The minimum atomic E-state index is 0.0810. The van der Waals surface area contributed by atoms with Gasteiger partial charge in [-0.3, -0.25) is 4.79 Å². The van der Waals surface area contributed by atoms with Crippen molar-refractivity contribution in [1.82, 2.24) is 15.0 Å². The first-order valence-electron chi connectivity index (χ1n) is 9.50. The van der Waals surface area contributed by atoms with Gasteiger partial charge in [0.2, 0.25) is 5.91 Å². The second-order valence-corrected chi connectivity index (χ2v) is 8.73. The largest absolute Gasteiger partial charge is 0.356 e. The van der Waals surface area contributed by atoms with Crippen LogP contribution in [0, 0.1) is 6.92 Å². The summed E-state index contributed by atoms with van der Waals surface area (Å²) in [4.78, 5) is 21.7. The molecule has 0 bridgehead atoms. The summed E-state index contributed by atoms with van der Waals surface area (Å²) in [5.74, 6) is 0.0810. The van der Waals surface area contributed by atoms with E-state index in [1.54, 1.807) is 11.3 Å². The topological polar surface area (TPSA) is 62.5 Å². The van der Waals surface area contributed by atoms with E-state index in [2.05, 4.69) is 10.1 Å². The number of benzene rings is 2. The van der Waals surface area contributed by atoms with Crippen molar-refractivity contribution < 1.29 is 9.32 Å². The summed E-state index contributed by atoms with van der Waals surface area (Å²) in [6.45, 7) is 4.89. The number of aryl methyl sites for hydroxylation is 1. The van der Waals surface area contributed by atoms with E-state index < -0.39 is 0 Å². The van der Waals surface area contributed by atoms with Crippen LogP contribution in [0.2, 0.25) is 5.02 Å². The fourth-order valence-corrected chi connectivity index (χ4v) is 4.95. The van der Waals surface area contributed by atoms with E-state index in [1.165, 1.54) is 0 Å². The minimum Gasteiger partial charge on any atom is -0.356 e. The highest BCUT2D eigenvalue weighted by atomic mass is 35.5. The Balaban J connectivity index is 1.25. The normalized spacial score (nSPS) is 14.8. The summed E-state index contributed by atoms with van der Waals surface area (Å²) in [7, 11) is 0. The molecule has 0 atom stereocenters. The van der Waals surface area contributed by atoms with Crippen LogP contribution in [0.25, 0.3) is 21.2 Å². The standard InChI is InChI=1S/C21H19ClN4O2S/c1-13-2-5-18-15(10-13)17(24-28-18)12-20(27)25-6-8-26(9-7-25)21-23-16-4-3-14(22)11-19(16)29-21/h2-5,10-11H,6-9,12H2,1H3. The van der Waals surface area contributed by atoms with Crippen molar-refractivity contribution in [2.75, 3.05) is 31.1 Å². The van der Waals surface area contributed by atoms with Crippen LogP contribution in [0.5, 0.6) is 0 Å². The number of aromatic nitrogens is 2. The van der Waals surface area contributed by atoms with Crippen molar-refractivity contribution in [1.29, 1.82) is 0 Å². The maximum atomic E-state index is 12.8. The maximum absolute atomic E-state index is 12.8. The molecular formula is C21H19ClN4O2S. The zero-order valence-electron chi connectivity index (χ0n) is 15.9. The second kappa shape index (κ2) is 7.31. The number of rotatable bonds is 3. The van der Waals surface area contributed by atoms with Crippen molar-refractivity contribution in [3.63, 3.8) is 0 Å². The molecule has 0 saturated carbocycles. The Bertz CT molecular complexity index is 1210. The van der Waals surface area contributed by atoms with E-state index in [1.807, 2.05) is 48.2 Å². The van der Waals surface area contributed by atoms with Gasteiger partial charge >= 0.3 is 0 Å². The fourth-order valence-electron chi connectivity index (χ4n) is 3.65. The molecule has 3 heterocycles. The lowest BCUT2D eigenvalue weighted by Crippen LogP contribution is -2.49. The SMILES string of the molecule is Cc1ccc2onc(CC(=O)N3CCN(c4nc5ccc(Cl)cc5s4)CC3)c2c1. The predicted molar refractivity (Wildman–Crippen MR) is 116 cm³/mol. The molecule has 8 heteroatoms. The number of halogens is 1. The van der Waals surface area contributed by atoms with Crippen LogP contribution in [0.15, 0.2) is 40.9 Å². The number of carbonyl (C=O) groups is 1. The summed E-state index contributed by atoms with van der Waals surface area (Å²) < 4.78 is 6.44. The molecule has 148 valence electrons. The van der Waals surface area contributed by atoms with Crippen LogP contribution < -0.4 is 4.90 Å². The number of hydrogen-bond donors (Lipinski definition) is 0. The van der Waals surface area contributed by atoms with Gasteiger partial charge in [0.25, 0.3) is 0 Å². The molecule has 2 aromatic carbocycles. The molecule has 0 aliphatic carbocycles. The molecule has 29 heavy (non-hydrogen) atoms. The first-order valence-corrected chi connectivity index (χ1v) is 10.7. The molecule has 1 aliphatic heterocycles. The van der Waals surface area contributed by atoms with Gasteiger partial charge in [-0.05, 0) is 37.3 Å². The van der Waals surface area contributed by atoms with Crippen molar-refractivity contribution in [2.45, 2.75) is 13.3 Å². The molecule has 1 saturated heterocycles. The van der Waals surface area contributed by atoms with Gasteiger partial charge in [0.05, 0.1) is 16.6 Å². The molecule has 4 aromatic rings. The van der Waals surface area contributed by atoms with Crippen molar-refractivity contribution in [3.05, 3.63) is 52.7 Å². The molecular weight excluding hydrogens is 408 g/mol. The molecule has 6 nitrogen and oxygen atoms in total. The maximum Gasteiger partial charge on any atom is 0.228 e. The Labute approximate surface area is 176 Å². The minimum absolute atomic E-state index is 0.0810. The number of nitrogens with zero attached hydrogens (tertiary/aromatic N) is 4. The third-order valence-electron chi connectivity index (χ3n) is 5.26. The van der Waals surface area contributed by atoms with Gasteiger partial charge in [-0.1, -0.05) is 39.7 Å². The summed E-state index contributed by atoms with van der Waals surface area (Å²) in [5, 5.41) is 6.73. The van der Waals surface area contributed by atoms with Crippen LogP contribution in [0.4, 0.5) is 5.13 Å². The summed E-state index contributed by atoms with van der Waals surface area (Å²) in [6.07, 6.45) is 0.260. The third kappa shape index (κ3) is 3.56. The smallest absolute Gasteiger partial charge is 0.228 e. The van der Waals surface area contributed by atoms with Gasteiger partial charge in [-0.15, -0.1) is 0 Å². The van der Waals surface area contributed by atoms with Crippen molar-refractivity contribution in [3.8, 4) is 0 Å². The fraction of sp³-hybridized carbons (Fsp3) is 0.286. The number of carbonyl (C=O) groups excluding carboxylic acids is 1. The second-order valence-electron chi connectivity index (χ2n) is 7.28. The van der Waals surface area contributed by atoms with Crippen molar-refractivity contribution >= 4 is 55.2 Å². The quantitative estimate of drug-likeness (QED) is 0.489. The number of hydrogen-bond acceptors (Lipinski definition) is 6. The molecule has 5 rings (SSSR count). The van der Waals surface area contributed by atoms with E-state index in [0.717, 1.165) is 50.0 Å². The van der Waals surface area contributed by atoms with E-state index in [-0.39, 0.29) is 12.3 Å². The first-order chi connectivity index (χ1) is 14.1. The van der Waals surface area contributed by atoms with Crippen LogP contribution in [0.1, 0.15) is 11.3 Å². The molecule has 1 amide bonds. The van der Waals surface area contributed by atoms with Gasteiger partial charge in [0, 0.05) is 36.6 Å². The number of anilines is 1. The molecule has 0 unspecified atom stereocenters. The number of thiazole rings is 1. The van der Waals surface area contributed by atoms with Crippen LogP contribution in [0.3, 0.4) is 0 Å². The summed E-state index contributed by atoms with van der Waals surface area (Å²) >= 11 is 7.72. The lowest BCUT2D eigenvalue weighted by Gasteiger charge is -2.34. The average molecular weight is 427 g/mol. The van der Waals surface area contributed by atoms with E-state index in [9.17, 15) is 4.79 Å². The summed E-state index contributed by atoms with van der Waals surface area (Å²) in [6, 6.07) is 11.7. The molecule has 0 N–H and O–H groups in total. The summed E-state index contributed by atoms with van der Waals surface area (Å²) in [5.41, 5.74) is 3.51. The molecule has 0 spiro atoms. The Kier molecular flexibility index (Phi) is 4.64. The van der Waals surface area contributed by atoms with Gasteiger partial charge in [0.1, 0.15) is 5.69 Å². The highest BCUT2D eigenvalue weighted by molar-refractivity contribution is 7.22. The highest BCUT2D eigenvalue weighted by Gasteiger charge is 2.24. The molecule has 0 radical (unpaired) electrons. The first kappa shape index (κ1) is 18.4. The number of piperazine rings is 1. The van der Waals surface area contributed by atoms with Crippen molar-refractivity contribution in [2.24, 2.45) is 0 Å². The van der Waals surface area contributed by atoms with Gasteiger partial charge in [-0.2, -0.15) is 0 Å². The zero-order chi connectivity index (χ0) is 20.0. The molecule has 1 fully saturated rings. The van der Waals surface area contributed by atoms with Crippen LogP contribution in [-0.4, -0.2) is 47.1 Å². The zero-order valence-corrected chi connectivity index (χ0v) is 17.5. The van der Waals surface area contributed by atoms with Gasteiger partial charge < -0.3 is 14.3 Å². The Morgan fingerprint density at radius 3 is 2.83 bits per heavy atom. The third-order valence-corrected chi connectivity index (χ3v) is 6.57. The predicted octanol–water partition coefficient (Wildman–Crippen LogP) is 4.29. The van der Waals surface area contributed by atoms with Crippen LogP contribution >= 0.6 is 22.9 Å². The molecule has 2 aromatic heterocycles. The lowest BCUT2D eigenvalue weighted by molar-refractivity contribution is -0.130. The van der Waals surface area contributed by atoms with E-state index in [0.29, 0.717) is 18.8 Å². The molecule has 1 aliphatic rings. The van der Waals surface area contributed by atoms with E-state index >= 15 is 0 Å². The average Bonchev–Trinajstić information content (AvgIpc) is 3.32. The number of amides is 1. The number of fused-ring (bicyclic) bond motifs is 2. The van der Waals surface area contributed by atoms with E-state index in [4.69, 9.17) is 21.1 Å².